The number of halogens is 1. The third kappa shape index (κ3) is 2.25. The molecule has 0 atom stereocenters. The summed E-state index contributed by atoms with van der Waals surface area (Å²) in [6.07, 6.45) is 3.33. The van der Waals surface area contributed by atoms with Crippen LogP contribution < -0.4 is 0 Å². The normalized spacial score (nSPS) is 13.7. The molecule has 1 aliphatic rings. The van der Waals surface area contributed by atoms with Crippen LogP contribution in [-0.4, -0.2) is 9.97 Å². The van der Waals surface area contributed by atoms with Crippen molar-refractivity contribution in [1.82, 2.24) is 9.97 Å². The molecule has 1 aliphatic carbocycles. The molecule has 0 amide bonds. The van der Waals surface area contributed by atoms with Gasteiger partial charge in [0.05, 0.1) is 0 Å². The number of hydrogen-bond donors (Lipinski definition) is 0. The molecule has 18 heavy (non-hydrogen) atoms. The molecule has 0 unspecified atom stereocenters. The summed E-state index contributed by atoms with van der Waals surface area (Å²) in [6, 6.07) is 6.43. The van der Waals surface area contributed by atoms with Crippen molar-refractivity contribution in [2.75, 3.05) is 0 Å². The van der Waals surface area contributed by atoms with Gasteiger partial charge in [0, 0.05) is 16.3 Å². The van der Waals surface area contributed by atoms with E-state index in [-0.39, 0.29) is 5.82 Å². The highest BCUT2D eigenvalue weighted by Gasteiger charge is 2.17. The Labute approximate surface area is 110 Å². The van der Waals surface area contributed by atoms with Crippen molar-refractivity contribution in [3.05, 3.63) is 47.0 Å². The minimum atomic E-state index is -0.217. The zero-order chi connectivity index (χ0) is 12.5. The zero-order valence-corrected chi connectivity index (χ0v) is 10.9. The Morgan fingerprint density at radius 3 is 2.67 bits per heavy atom. The lowest BCUT2D eigenvalue weighted by molar-refractivity contribution is 0.626. The summed E-state index contributed by atoms with van der Waals surface area (Å²) in [4.78, 5) is 10.1. The summed E-state index contributed by atoms with van der Waals surface area (Å²) < 4.78 is 12.8. The number of fused-ring (bicyclic) bond motifs is 1. The van der Waals surface area contributed by atoms with Gasteiger partial charge in [-0.25, -0.2) is 14.4 Å². The van der Waals surface area contributed by atoms with E-state index in [0.717, 1.165) is 28.6 Å². The van der Waals surface area contributed by atoms with Crippen LogP contribution in [0.5, 0.6) is 0 Å². The molecule has 2 aromatic rings. The first-order valence-electron chi connectivity index (χ1n) is 6.02. The second kappa shape index (κ2) is 4.69. The van der Waals surface area contributed by atoms with Crippen LogP contribution in [0.1, 0.15) is 23.4 Å². The maximum absolute atomic E-state index is 12.8. The average Bonchev–Trinajstić information content (AvgIpc) is 2.81. The van der Waals surface area contributed by atoms with Gasteiger partial charge in [-0.1, -0.05) is 0 Å². The van der Waals surface area contributed by atoms with Crippen LogP contribution in [0.15, 0.2) is 34.3 Å². The molecule has 0 N–H and O–H groups in total. The highest BCUT2D eigenvalue weighted by atomic mass is 32.2. The van der Waals surface area contributed by atoms with Gasteiger partial charge in [-0.3, -0.25) is 0 Å². The summed E-state index contributed by atoms with van der Waals surface area (Å²) in [5.74, 6) is -0.217. The first kappa shape index (κ1) is 11.7. The van der Waals surface area contributed by atoms with E-state index in [9.17, 15) is 4.39 Å². The summed E-state index contributed by atoms with van der Waals surface area (Å²) in [7, 11) is 0. The molecule has 0 saturated heterocycles. The predicted molar refractivity (Wildman–Crippen MR) is 69.3 cm³/mol. The highest BCUT2D eigenvalue weighted by Crippen LogP contribution is 2.29. The van der Waals surface area contributed by atoms with Crippen molar-refractivity contribution in [2.45, 2.75) is 36.2 Å². The van der Waals surface area contributed by atoms with Gasteiger partial charge in [-0.05, 0) is 67.8 Å². The number of nitrogens with zero attached hydrogens (tertiary/aromatic N) is 2. The van der Waals surface area contributed by atoms with Crippen LogP contribution in [0.2, 0.25) is 0 Å². The van der Waals surface area contributed by atoms with Gasteiger partial charge >= 0.3 is 0 Å². The molecular formula is C14H13FN2S. The molecular weight excluding hydrogens is 247 g/mol. The standard InChI is InChI=1S/C14H13FN2S/c1-9-12-3-2-4-13(12)17-14(16-9)18-11-7-5-10(15)6-8-11/h5-8H,2-4H2,1H3. The van der Waals surface area contributed by atoms with Crippen LogP contribution in [0, 0.1) is 12.7 Å². The first-order valence-corrected chi connectivity index (χ1v) is 6.84. The van der Waals surface area contributed by atoms with Crippen LogP contribution in [-0.2, 0) is 12.8 Å². The SMILES string of the molecule is Cc1nc(Sc2ccc(F)cc2)nc2c1CCC2. The maximum Gasteiger partial charge on any atom is 0.192 e. The highest BCUT2D eigenvalue weighted by molar-refractivity contribution is 7.99. The lowest BCUT2D eigenvalue weighted by Crippen LogP contribution is -1.98. The minimum absolute atomic E-state index is 0.217. The third-order valence-corrected chi connectivity index (χ3v) is 4.02. The van der Waals surface area contributed by atoms with E-state index in [0.29, 0.717) is 0 Å². The number of aromatic nitrogens is 2. The molecule has 0 radical (unpaired) electrons. The monoisotopic (exact) mass is 260 g/mol. The van der Waals surface area contributed by atoms with Gasteiger partial charge in [0.2, 0.25) is 0 Å². The lowest BCUT2D eigenvalue weighted by atomic mass is 10.2. The molecule has 1 aromatic carbocycles. The molecule has 2 nitrogen and oxygen atoms in total. The van der Waals surface area contributed by atoms with E-state index < -0.39 is 0 Å². The molecule has 4 heteroatoms. The Morgan fingerprint density at radius 1 is 1.11 bits per heavy atom. The first-order chi connectivity index (χ1) is 8.72. The van der Waals surface area contributed by atoms with Gasteiger partial charge < -0.3 is 0 Å². The number of hydrogen-bond acceptors (Lipinski definition) is 3. The summed E-state index contributed by atoms with van der Waals surface area (Å²) in [5, 5.41) is 0.764. The number of rotatable bonds is 2. The molecule has 0 aliphatic heterocycles. The topological polar surface area (TPSA) is 25.8 Å². The third-order valence-electron chi connectivity index (χ3n) is 3.14. The zero-order valence-electron chi connectivity index (χ0n) is 10.1. The Hall–Kier alpha value is -1.42. The van der Waals surface area contributed by atoms with Gasteiger partial charge in [0.15, 0.2) is 5.16 Å². The Balaban J connectivity index is 1.89. The van der Waals surface area contributed by atoms with Crippen LogP contribution in [0.25, 0.3) is 0 Å². The van der Waals surface area contributed by atoms with Gasteiger partial charge in [-0.2, -0.15) is 0 Å². The fraction of sp³-hybridized carbons (Fsp3) is 0.286. The Kier molecular flexibility index (Phi) is 3.04. The van der Waals surface area contributed by atoms with Gasteiger partial charge in [0.25, 0.3) is 0 Å². The van der Waals surface area contributed by atoms with Crippen LogP contribution in [0.4, 0.5) is 4.39 Å². The molecule has 3 rings (SSSR count). The number of aryl methyl sites for hydroxylation is 2. The van der Waals surface area contributed by atoms with E-state index in [2.05, 4.69) is 9.97 Å². The van der Waals surface area contributed by atoms with Crippen LogP contribution >= 0.6 is 11.8 Å². The van der Waals surface area contributed by atoms with Crippen molar-refractivity contribution >= 4 is 11.8 Å². The van der Waals surface area contributed by atoms with Crippen molar-refractivity contribution in [3.63, 3.8) is 0 Å². The fourth-order valence-electron chi connectivity index (χ4n) is 2.25. The maximum atomic E-state index is 12.8. The van der Waals surface area contributed by atoms with Gasteiger partial charge in [-0.15, -0.1) is 0 Å². The van der Waals surface area contributed by atoms with E-state index in [1.54, 1.807) is 12.1 Å². The molecule has 0 spiro atoms. The fourth-order valence-corrected chi connectivity index (χ4v) is 3.07. The van der Waals surface area contributed by atoms with E-state index in [1.807, 2.05) is 6.92 Å². The molecule has 1 aromatic heterocycles. The lowest BCUT2D eigenvalue weighted by Gasteiger charge is -2.06. The average molecular weight is 260 g/mol. The van der Waals surface area contributed by atoms with Crippen molar-refractivity contribution in [3.8, 4) is 0 Å². The summed E-state index contributed by atoms with van der Waals surface area (Å²) >= 11 is 1.49. The molecule has 1 heterocycles. The predicted octanol–water partition coefficient (Wildman–Crippen LogP) is 3.56. The smallest absolute Gasteiger partial charge is 0.192 e. The van der Waals surface area contributed by atoms with E-state index in [1.165, 1.54) is 41.6 Å². The summed E-state index contributed by atoms with van der Waals surface area (Å²) in [5.41, 5.74) is 3.59. The summed E-state index contributed by atoms with van der Waals surface area (Å²) in [6.45, 7) is 2.04. The molecule has 0 bridgehead atoms. The minimum Gasteiger partial charge on any atom is -0.227 e. The van der Waals surface area contributed by atoms with Crippen molar-refractivity contribution in [2.24, 2.45) is 0 Å². The molecule has 0 saturated carbocycles. The van der Waals surface area contributed by atoms with E-state index in [4.69, 9.17) is 0 Å². The Bertz CT molecular complexity index is 581. The number of benzene rings is 1. The quantitative estimate of drug-likeness (QED) is 0.772. The van der Waals surface area contributed by atoms with E-state index >= 15 is 0 Å². The molecule has 92 valence electrons. The second-order valence-corrected chi connectivity index (χ2v) is 5.47. The second-order valence-electron chi connectivity index (χ2n) is 4.43. The Morgan fingerprint density at radius 2 is 1.89 bits per heavy atom. The van der Waals surface area contributed by atoms with Gasteiger partial charge in [0.1, 0.15) is 5.82 Å². The largest absolute Gasteiger partial charge is 0.227 e. The van der Waals surface area contributed by atoms with Crippen molar-refractivity contribution in [1.29, 1.82) is 0 Å². The van der Waals surface area contributed by atoms with Crippen molar-refractivity contribution < 1.29 is 4.39 Å². The molecule has 0 fully saturated rings. The van der Waals surface area contributed by atoms with Crippen LogP contribution in [0.3, 0.4) is 0 Å².